The third-order valence-corrected chi connectivity index (χ3v) is 5.62. The van der Waals surface area contributed by atoms with Crippen molar-refractivity contribution >= 4 is 41.5 Å². The number of aliphatic imine (C=N–C) groups is 1. The maximum absolute atomic E-state index is 11.1. The van der Waals surface area contributed by atoms with Crippen molar-refractivity contribution in [1.82, 2.24) is 15.5 Å². The summed E-state index contributed by atoms with van der Waals surface area (Å²) >= 11 is 0. The van der Waals surface area contributed by atoms with E-state index in [9.17, 15) is 4.79 Å². The summed E-state index contributed by atoms with van der Waals surface area (Å²) in [6.07, 6.45) is 4.92. The number of hydrogen-bond donors (Lipinski definition) is 3. The van der Waals surface area contributed by atoms with E-state index in [4.69, 9.17) is 4.99 Å². The fourth-order valence-corrected chi connectivity index (χ4v) is 3.92. The highest BCUT2D eigenvalue weighted by molar-refractivity contribution is 14.0. The molecule has 1 aliphatic heterocycles. The molecule has 1 amide bonds. The first-order valence-corrected chi connectivity index (χ1v) is 11.8. The fourth-order valence-electron chi connectivity index (χ4n) is 3.92. The lowest BCUT2D eigenvalue weighted by Gasteiger charge is -2.26. The number of anilines is 1. The van der Waals surface area contributed by atoms with Crippen LogP contribution in [0.1, 0.15) is 49.8 Å². The second kappa shape index (κ2) is 14.9. The van der Waals surface area contributed by atoms with Crippen LogP contribution < -0.4 is 16.0 Å². The summed E-state index contributed by atoms with van der Waals surface area (Å²) in [7, 11) is 0. The van der Waals surface area contributed by atoms with Gasteiger partial charge in [-0.3, -0.25) is 9.69 Å². The van der Waals surface area contributed by atoms with Gasteiger partial charge in [-0.1, -0.05) is 42.8 Å². The Bertz CT molecular complexity index is 861. The van der Waals surface area contributed by atoms with Gasteiger partial charge in [0.05, 0.1) is 6.54 Å². The number of guanidine groups is 1. The number of nitrogens with one attached hydrogen (secondary N) is 3. The van der Waals surface area contributed by atoms with Gasteiger partial charge in [-0.25, -0.2) is 4.99 Å². The van der Waals surface area contributed by atoms with Crippen molar-refractivity contribution in [1.29, 1.82) is 0 Å². The van der Waals surface area contributed by atoms with Crippen LogP contribution in [0, 0.1) is 0 Å². The van der Waals surface area contributed by atoms with Gasteiger partial charge in [0.1, 0.15) is 0 Å². The molecular weight excluding hydrogens is 525 g/mol. The summed E-state index contributed by atoms with van der Waals surface area (Å²) in [5.74, 6) is 0.780. The van der Waals surface area contributed by atoms with Crippen molar-refractivity contribution in [3.05, 3.63) is 65.2 Å². The summed E-state index contributed by atoms with van der Waals surface area (Å²) in [4.78, 5) is 18.4. The standard InChI is InChI=1S/C26H37N5O.HI/c1-3-27-26(28-16-15-22-11-13-25(14-12-22)30-21(2)32)29-19-23-7-9-24(10-8-23)20-31-17-5-4-6-18-31;/h7-14H,3-6,15-20H2,1-2H3,(H,30,32)(H2,27,28,29);1H. The first-order valence-electron chi connectivity index (χ1n) is 11.8. The minimum absolute atomic E-state index is 0. The van der Waals surface area contributed by atoms with Crippen molar-refractivity contribution in [2.45, 2.75) is 52.6 Å². The number of carbonyl (C=O) groups is 1. The van der Waals surface area contributed by atoms with Gasteiger partial charge < -0.3 is 16.0 Å². The number of likely N-dealkylation sites (tertiary alicyclic amines) is 1. The molecule has 33 heavy (non-hydrogen) atoms. The largest absolute Gasteiger partial charge is 0.357 e. The van der Waals surface area contributed by atoms with E-state index in [1.807, 2.05) is 24.3 Å². The second-order valence-electron chi connectivity index (χ2n) is 8.40. The number of carbonyl (C=O) groups excluding carboxylic acids is 1. The van der Waals surface area contributed by atoms with E-state index in [0.29, 0.717) is 6.54 Å². The van der Waals surface area contributed by atoms with Crippen molar-refractivity contribution in [2.75, 3.05) is 31.5 Å². The van der Waals surface area contributed by atoms with E-state index in [2.05, 4.69) is 52.0 Å². The molecule has 2 aromatic carbocycles. The Balaban J connectivity index is 0.00000385. The Morgan fingerprint density at radius 3 is 2.18 bits per heavy atom. The molecular formula is C26H38IN5O. The maximum Gasteiger partial charge on any atom is 0.221 e. The highest BCUT2D eigenvalue weighted by Gasteiger charge is 2.10. The molecule has 0 atom stereocenters. The topological polar surface area (TPSA) is 68.8 Å². The van der Waals surface area contributed by atoms with Crippen molar-refractivity contribution < 1.29 is 4.79 Å². The monoisotopic (exact) mass is 563 g/mol. The van der Waals surface area contributed by atoms with Crippen LogP contribution in [0.4, 0.5) is 5.69 Å². The fraction of sp³-hybridized carbons (Fsp3) is 0.462. The molecule has 0 unspecified atom stereocenters. The molecule has 1 saturated heterocycles. The molecule has 0 aromatic heterocycles. The van der Waals surface area contributed by atoms with Gasteiger partial charge in [0.2, 0.25) is 5.91 Å². The number of piperidine rings is 1. The van der Waals surface area contributed by atoms with E-state index in [-0.39, 0.29) is 29.9 Å². The van der Waals surface area contributed by atoms with Gasteiger partial charge in [0.25, 0.3) is 0 Å². The summed E-state index contributed by atoms with van der Waals surface area (Å²) in [5.41, 5.74) is 4.64. The smallest absolute Gasteiger partial charge is 0.221 e. The lowest BCUT2D eigenvalue weighted by atomic mass is 10.1. The van der Waals surface area contributed by atoms with Gasteiger partial charge >= 0.3 is 0 Å². The number of rotatable bonds is 9. The number of amides is 1. The Morgan fingerprint density at radius 2 is 1.55 bits per heavy atom. The first kappa shape index (κ1) is 27.1. The molecule has 2 aromatic rings. The average molecular weight is 564 g/mol. The second-order valence-corrected chi connectivity index (χ2v) is 8.40. The Kier molecular flexibility index (Phi) is 12.2. The van der Waals surface area contributed by atoms with Crippen molar-refractivity contribution in [3.8, 4) is 0 Å². The minimum Gasteiger partial charge on any atom is -0.357 e. The van der Waals surface area contributed by atoms with Gasteiger partial charge in [-0.2, -0.15) is 0 Å². The van der Waals surface area contributed by atoms with Crippen LogP contribution in [0.5, 0.6) is 0 Å². The molecule has 0 spiro atoms. The molecule has 0 bridgehead atoms. The molecule has 180 valence electrons. The zero-order chi connectivity index (χ0) is 22.6. The van der Waals surface area contributed by atoms with Gasteiger partial charge in [-0.05, 0) is 68.1 Å². The normalized spacial score (nSPS) is 14.3. The van der Waals surface area contributed by atoms with Gasteiger partial charge in [0.15, 0.2) is 5.96 Å². The van der Waals surface area contributed by atoms with Crippen molar-refractivity contribution in [2.24, 2.45) is 4.99 Å². The number of benzene rings is 2. The Hall–Kier alpha value is -2.13. The Morgan fingerprint density at radius 1 is 0.909 bits per heavy atom. The van der Waals surface area contributed by atoms with Crippen LogP contribution in [0.2, 0.25) is 0 Å². The number of halogens is 1. The molecule has 3 N–H and O–H groups in total. The third kappa shape index (κ3) is 10.1. The van der Waals surface area contributed by atoms with Crippen LogP contribution in [0.3, 0.4) is 0 Å². The average Bonchev–Trinajstić information content (AvgIpc) is 2.80. The summed E-state index contributed by atoms with van der Waals surface area (Å²) in [6.45, 7) is 9.37. The van der Waals surface area contributed by atoms with E-state index >= 15 is 0 Å². The first-order chi connectivity index (χ1) is 15.6. The Labute approximate surface area is 215 Å². The molecule has 3 rings (SSSR count). The minimum atomic E-state index is -0.0532. The number of nitrogens with zero attached hydrogens (tertiary/aromatic N) is 2. The quantitative estimate of drug-likeness (QED) is 0.238. The van der Waals surface area contributed by atoms with Crippen LogP contribution in [-0.4, -0.2) is 42.9 Å². The predicted octanol–water partition coefficient (Wildman–Crippen LogP) is 4.55. The van der Waals surface area contributed by atoms with Crippen LogP contribution in [0.25, 0.3) is 0 Å². The van der Waals surface area contributed by atoms with E-state index in [1.165, 1.54) is 56.0 Å². The summed E-state index contributed by atoms with van der Waals surface area (Å²) in [5, 5.41) is 9.53. The molecule has 1 aliphatic rings. The van der Waals surface area contributed by atoms with Gasteiger partial charge in [-0.15, -0.1) is 24.0 Å². The molecule has 7 heteroatoms. The third-order valence-electron chi connectivity index (χ3n) is 5.62. The van der Waals surface area contributed by atoms with E-state index < -0.39 is 0 Å². The SMILES string of the molecule is CCNC(=NCc1ccc(CN2CCCCC2)cc1)NCCc1ccc(NC(C)=O)cc1.I. The van der Waals surface area contributed by atoms with Crippen LogP contribution >= 0.6 is 24.0 Å². The zero-order valence-electron chi connectivity index (χ0n) is 19.9. The molecule has 1 fully saturated rings. The lowest BCUT2D eigenvalue weighted by Crippen LogP contribution is -2.38. The molecule has 0 radical (unpaired) electrons. The summed E-state index contributed by atoms with van der Waals surface area (Å²) in [6, 6.07) is 16.8. The highest BCUT2D eigenvalue weighted by Crippen LogP contribution is 2.14. The lowest BCUT2D eigenvalue weighted by molar-refractivity contribution is -0.114. The highest BCUT2D eigenvalue weighted by atomic mass is 127. The van der Waals surface area contributed by atoms with E-state index in [1.54, 1.807) is 0 Å². The van der Waals surface area contributed by atoms with Crippen molar-refractivity contribution in [3.63, 3.8) is 0 Å². The molecule has 0 saturated carbocycles. The maximum atomic E-state index is 11.1. The van der Waals surface area contributed by atoms with Crippen LogP contribution in [0.15, 0.2) is 53.5 Å². The van der Waals surface area contributed by atoms with E-state index in [0.717, 1.165) is 37.7 Å². The number of hydrogen-bond acceptors (Lipinski definition) is 3. The molecule has 0 aliphatic carbocycles. The molecule has 6 nitrogen and oxygen atoms in total. The molecule has 1 heterocycles. The summed E-state index contributed by atoms with van der Waals surface area (Å²) < 4.78 is 0. The van der Waals surface area contributed by atoms with Gasteiger partial charge in [0, 0.05) is 32.2 Å². The zero-order valence-corrected chi connectivity index (χ0v) is 22.2. The van der Waals surface area contributed by atoms with Crippen LogP contribution in [-0.2, 0) is 24.3 Å². The predicted molar refractivity (Wildman–Crippen MR) is 148 cm³/mol.